The molecule has 0 saturated heterocycles. The molecule has 0 amide bonds. The minimum atomic E-state index is -0.532. The third kappa shape index (κ3) is 4.73. The molecule has 0 aromatic heterocycles. The van der Waals surface area contributed by atoms with E-state index in [-0.39, 0.29) is 6.10 Å². The Kier molecular flexibility index (Phi) is 6.12. The maximum absolute atomic E-state index is 9.57. The Hall–Kier alpha value is -1.26. The zero-order chi connectivity index (χ0) is 14.4. The first kappa shape index (κ1) is 15.8. The van der Waals surface area contributed by atoms with Gasteiger partial charge >= 0.3 is 0 Å². The molecule has 0 heterocycles. The first-order chi connectivity index (χ1) is 8.95. The van der Waals surface area contributed by atoms with Crippen LogP contribution in [0.25, 0.3) is 0 Å². The summed E-state index contributed by atoms with van der Waals surface area (Å²) in [6, 6.07) is 6.20. The molecule has 2 N–H and O–H groups in total. The third-order valence-electron chi connectivity index (χ3n) is 2.96. The number of aliphatic hydroxyl groups is 1. The summed E-state index contributed by atoms with van der Waals surface area (Å²) in [6.45, 7) is 8.46. The largest absolute Gasteiger partial charge is 0.493 e. The molecule has 1 aromatic rings. The molecule has 0 aliphatic carbocycles. The molecule has 0 radical (unpaired) electrons. The van der Waals surface area contributed by atoms with Crippen molar-refractivity contribution in [2.24, 2.45) is 0 Å². The van der Waals surface area contributed by atoms with Gasteiger partial charge in [0.25, 0.3) is 0 Å². The van der Waals surface area contributed by atoms with Gasteiger partial charge in [-0.2, -0.15) is 0 Å². The average molecular weight is 267 g/mol. The van der Waals surface area contributed by atoms with E-state index in [0.29, 0.717) is 24.1 Å². The molecule has 0 saturated carbocycles. The molecular formula is C15H25NO3. The fourth-order valence-electron chi connectivity index (χ4n) is 1.59. The van der Waals surface area contributed by atoms with Crippen LogP contribution >= 0.6 is 0 Å². The van der Waals surface area contributed by atoms with Crippen LogP contribution in [0.3, 0.4) is 0 Å². The maximum atomic E-state index is 9.57. The first-order valence-electron chi connectivity index (χ1n) is 6.69. The number of rotatable bonds is 7. The van der Waals surface area contributed by atoms with Crippen LogP contribution in [-0.4, -0.2) is 30.5 Å². The average Bonchev–Trinajstić information content (AvgIpc) is 2.36. The smallest absolute Gasteiger partial charge is 0.166 e. The van der Waals surface area contributed by atoms with Crippen LogP contribution in [0.15, 0.2) is 18.2 Å². The second kappa shape index (κ2) is 7.36. The summed E-state index contributed by atoms with van der Waals surface area (Å²) < 4.78 is 11.2. The number of hydrogen-bond acceptors (Lipinski definition) is 4. The van der Waals surface area contributed by atoms with Gasteiger partial charge in [0.05, 0.1) is 13.2 Å². The molecule has 0 fully saturated rings. The van der Waals surface area contributed by atoms with Gasteiger partial charge < -0.3 is 19.9 Å². The summed E-state index contributed by atoms with van der Waals surface area (Å²) in [5, 5.41) is 12.9. The van der Waals surface area contributed by atoms with Gasteiger partial charge in [0, 0.05) is 18.2 Å². The highest BCUT2D eigenvalue weighted by Gasteiger charge is 2.17. The summed E-state index contributed by atoms with van der Waals surface area (Å²) in [7, 11) is 1.62. The predicted molar refractivity (Wildman–Crippen MR) is 76.7 cm³/mol. The van der Waals surface area contributed by atoms with Crippen molar-refractivity contribution in [1.29, 1.82) is 0 Å². The van der Waals surface area contributed by atoms with E-state index in [2.05, 4.69) is 19.2 Å². The number of para-hydroxylation sites is 1. The Morgan fingerprint density at radius 1 is 1.21 bits per heavy atom. The Balaban J connectivity index is 2.95. The predicted octanol–water partition coefficient (Wildman–Crippen LogP) is 2.34. The van der Waals surface area contributed by atoms with Crippen molar-refractivity contribution in [3.63, 3.8) is 0 Å². The lowest BCUT2D eigenvalue weighted by Crippen LogP contribution is -2.27. The van der Waals surface area contributed by atoms with Gasteiger partial charge in [0.1, 0.15) is 6.10 Å². The van der Waals surface area contributed by atoms with Crippen LogP contribution in [0.1, 0.15) is 33.3 Å². The quantitative estimate of drug-likeness (QED) is 0.796. The fraction of sp³-hybridized carbons (Fsp3) is 0.600. The van der Waals surface area contributed by atoms with Gasteiger partial charge in [-0.15, -0.1) is 0 Å². The number of aliphatic hydroxyl groups excluding tert-OH is 1. The zero-order valence-corrected chi connectivity index (χ0v) is 12.4. The van der Waals surface area contributed by atoms with Crippen molar-refractivity contribution in [3.05, 3.63) is 23.8 Å². The number of nitrogens with one attached hydrogen (secondary N) is 1. The summed E-state index contributed by atoms with van der Waals surface area (Å²) in [4.78, 5) is 0. The molecule has 4 heteroatoms. The van der Waals surface area contributed by atoms with Crippen molar-refractivity contribution >= 4 is 0 Å². The monoisotopic (exact) mass is 267 g/mol. The van der Waals surface area contributed by atoms with Gasteiger partial charge in [0.15, 0.2) is 11.5 Å². The summed E-state index contributed by atoms with van der Waals surface area (Å²) in [5.74, 6) is 1.39. The van der Waals surface area contributed by atoms with Gasteiger partial charge in [-0.25, -0.2) is 0 Å². The molecule has 1 aromatic carbocycles. The number of benzene rings is 1. The lowest BCUT2D eigenvalue weighted by atomic mass is 10.1. The van der Waals surface area contributed by atoms with Gasteiger partial charge in [0.2, 0.25) is 0 Å². The number of ether oxygens (including phenoxy) is 2. The highest BCUT2D eigenvalue weighted by atomic mass is 16.5. The van der Waals surface area contributed by atoms with Gasteiger partial charge in [-0.05, 0) is 19.9 Å². The van der Waals surface area contributed by atoms with Crippen LogP contribution in [0.4, 0.5) is 0 Å². The minimum Gasteiger partial charge on any atom is -0.493 e. The van der Waals surface area contributed by atoms with E-state index in [1.54, 1.807) is 14.0 Å². The Bertz CT molecular complexity index is 391. The van der Waals surface area contributed by atoms with E-state index in [9.17, 15) is 5.11 Å². The number of methoxy groups -OCH3 is 1. The molecule has 0 spiro atoms. The first-order valence-corrected chi connectivity index (χ1v) is 6.69. The van der Waals surface area contributed by atoms with E-state index in [4.69, 9.17) is 9.47 Å². The van der Waals surface area contributed by atoms with Crippen molar-refractivity contribution < 1.29 is 14.6 Å². The topological polar surface area (TPSA) is 50.7 Å². The minimum absolute atomic E-state index is 0.283. The van der Waals surface area contributed by atoms with Crippen LogP contribution in [-0.2, 0) is 6.54 Å². The molecule has 2 unspecified atom stereocenters. The van der Waals surface area contributed by atoms with E-state index in [1.165, 1.54) is 0 Å². The van der Waals surface area contributed by atoms with Gasteiger partial charge in [-0.3, -0.25) is 0 Å². The molecule has 2 atom stereocenters. The third-order valence-corrected chi connectivity index (χ3v) is 2.96. The van der Waals surface area contributed by atoms with E-state index >= 15 is 0 Å². The molecule has 1 rings (SSSR count). The van der Waals surface area contributed by atoms with E-state index in [0.717, 1.165) is 5.56 Å². The van der Waals surface area contributed by atoms with Crippen molar-refractivity contribution in [2.45, 2.75) is 52.5 Å². The van der Waals surface area contributed by atoms with Crippen LogP contribution < -0.4 is 14.8 Å². The molecule has 0 aliphatic heterocycles. The highest BCUT2D eigenvalue weighted by molar-refractivity contribution is 5.46. The normalized spacial score (nSPS) is 14.3. The molecule has 0 bridgehead atoms. The lowest BCUT2D eigenvalue weighted by Gasteiger charge is -2.22. The maximum Gasteiger partial charge on any atom is 0.166 e. The highest BCUT2D eigenvalue weighted by Crippen LogP contribution is 2.32. The Labute approximate surface area is 115 Å². The Morgan fingerprint density at radius 2 is 1.89 bits per heavy atom. The van der Waals surface area contributed by atoms with Crippen molar-refractivity contribution in [3.8, 4) is 11.5 Å². The zero-order valence-electron chi connectivity index (χ0n) is 12.4. The molecule has 108 valence electrons. The number of hydrogen-bond donors (Lipinski definition) is 2. The Morgan fingerprint density at radius 3 is 2.42 bits per heavy atom. The standard InChI is InChI=1S/C15H25NO3/c1-10(2)16-9-13-7-6-8-14(18-5)15(13)19-12(4)11(3)17/h6-8,10-12,16-17H,9H2,1-5H3. The summed E-state index contributed by atoms with van der Waals surface area (Å²) in [5.41, 5.74) is 1.03. The lowest BCUT2D eigenvalue weighted by molar-refractivity contribution is 0.0579. The SMILES string of the molecule is COc1cccc(CNC(C)C)c1OC(C)C(C)O. The van der Waals surface area contributed by atoms with Crippen molar-refractivity contribution in [2.75, 3.05) is 7.11 Å². The van der Waals surface area contributed by atoms with Crippen LogP contribution in [0.2, 0.25) is 0 Å². The van der Waals surface area contributed by atoms with Crippen molar-refractivity contribution in [1.82, 2.24) is 5.32 Å². The van der Waals surface area contributed by atoms with Crippen LogP contribution in [0.5, 0.6) is 11.5 Å². The van der Waals surface area contributed by atoms with E-state index in [1.807, 2.05) is 25.1 Å². The molecule has 0 aliphatic rings. The van der Waals surface area contributed by atoms with E-state index < -0.39 is 6.10 Å². The summed E-state index contributed by atoms with van der Waals surface area (Å²) in [6.07, 6.45) is -0.815. The second-order valence-corrected chi connectivity index (χ2v) is 5.05. The molecule has 19 heavy (non-hydrogen) atoms. The molecule has 4 nitrogen and oxygen atoms in total. The van der Waals surface area contributed by atoms with Crippen LogP contribution in [0, 0.1) is 0 Å². The fourth-order valence-corrected chi connectivity index (χ4v) is 1.59. The summed E-state index contributed by atoms with van der Waals surface area (Å²) >= 11 is 0. The van der Waals surface area contributed by atoms with Gasteiger partial charge in [-0.1, -0.05) is 26.0 Å². The molecular weight excluding hydrogens is 242 g/mol. The second-order valence-electron chi connectivity index (χ2n) is 5.05.